The molecule has 7 nitrogen and oxygen atoms in total. The van der Waals surface area contributed by atoms with Gasteiger partial charge in [-0.2, -0.15) is 11.8 Å². The molecule has 0 aliphatic rings. The monoisotopic (exact) mass is 285 g/mol. The third-order valence-corrected chi connectivity index (χ3v) is 3.09. The molecule has 0 fully saturated rings. The van der Waals surface area contributed by atoms with E-state index >= 15 is 0 Å². The van der Waals surface area contributed by atoms with E-state index in [1.165, 1.54) is 0 Å². The maximum atomic E-state index is 10.9. The van der Waals surface area contributed by atoms with Gasteiger partial charge >= 0.3 is 11.7 Å². The molecule has 0 spiro atoms. The van der Waals surface area contributed by atoms with Gasteiger partial charge in [0.05, 0.1) is 10.5 Å². The Hall–Kier alpha value is -1.83. The van der Waals surface area contributed by atoms with Gasteiger partial charge in [0.2, 0.25) is 5.82 Å². The first kappa shape index (κ1) is 15.2. The second-order valence-electron chi connectivity index (χ2n) is 3.98. The van der Waals surface area contributed by atoms with Crippen LogP contribution in [-0.2, 0) is 0 Å². The van der Waals surface area contributed by atoms with Crippen molar-refractivity contribution in [3.05, 3.63) is 27.9 Å². The Morgan fingerprint density at radius 3 is 2.89 bits per heavy atom. The minimum atomic E-state index is -1.24. The normalized spacial score (nSPS) is 11.9. The van der Waals surface area contributed by atoms with Crippen LogP contribution in [0.25, 0.3) is 0 Å². The Kier molecular flexibility index (Phi) is 5.56. The van der Waals surface area contributed by atoms with Crippen LogP contribution in [-0.4, -0.2) is 39.0 Å². The smallest absolute Gasteiger partial charge is 0.337 e. The molecule has 0 saturated carbocycles. The largest absolute Gasteiger partial charge is 0.478 e. The molecule has 0 aliphatic carbocycles. The molecule has 104 valence electrons. The van der Waals surface area contributed by atoms with Crippen molar-refractivity contribution in [1.82, 2.24) is 4.98 Å². The minimum absolute atomic E-state index is 0.0225. The van der Waals surface area contributed by atoms with Crippen molar-refractivity contribution in [2.45, 2.75) is 19.4 Å². The highest BCUT2D eigenvalue weighted by atomic mass is 32.2. The predicted octanol–water partition coefficient (Wildman–Crippen LogP) is 2.24. The van der Waals surface area contributed by atoms with Gasteiger partial charge in [-0.1, -0.05) is 0 Å². The summed E-state index contributed by atoms with van der Waals surface area (Å²) in [7, 11) is 0. The van der Waals surface area contributed by atoms with E-state index in [1.54, 1.807) is 11.8 Å². The van der Waals surface area contributed by atoms with Crippen LogP contribution in [0.2, 0.25) is 0 Å². The van der Waals surface area contributed by atoms with Crippen molar-refractivity contribution < 1.29 is 14.8 Å². The van der Waals surface area contributed by atoms with Crippen molar-refractivity contribution in [3.63, 3.8) is 0 Å². The van der Waals surface area contributed by atoms with E-state index in [-0.39, 0.29) is 23.1 Å². The number of rotatable bonds is 7. The zero-order valence-corrected chi connectivity index (χ0v) is 11.4. The van der Waals surface area contributed by atoms with Crippen LogP contribution in [0.1, 0.15) is 23.7 Å². The Bertz CT molecular complexity index is 481. The molecule has 1 unspecified atom stereocenters. The average Bonchev–Trinajstić information content (AvgIpc) is 2.36. The summed E-state index contributed by atoms with van der Waals surface area (Å²) in [5, 5.41) is 22.6. The second kappa shape index (κ2) is 6.93. The number of carboxylic acids is 1. The highest BCUT2D eigenvalue weighted by Gasteiger charge is 2.19. The molecule has 19 heavy (non-hydrogen) atoms. The number of aromatic nitrogens is 1. The topological polar surface area (TPSA) is 105 Å². The van der Waals surface area contributed by atoms with Gasteiger partial charge in [0.1, 0.15) is 0 Å². The Morgan fingerprint density at radius 1 is 1.68 bits per heavy atom. The van der Waals surface area contributed by atoms with E-state index in [2.05, 4.69) is 10.3 Å². The fourth-order valence-corrected chi connectivity index (χ4v) is 2.01. The lowest BCUT2D eigenvalue weighted by molar-refractivity contribution is -0.384. The molecule has 8 heteroatoms. The third kappa shape index (κ3) is 4.40. The Morgan fingerprint density at radius 2 is 2.37 bits per heavy atom. The van der Waals surface area contributed by atoms with Crippen LogP contribution in [0.15, 0.2) is 12.3 Å². The highest BCUT2D eigenvalue weighted by Crippen LogP contribution is 2.24. The lowest BCUT2D eigenvalue weighted by Crippen LogP contribution is -2.18. The molecule has 0 aromatic carbocycles. The van der Waals surface area contributed by atoms with E-state index in [4.69, 9.17) is 5.11 Å². The number of anilines is 1. The molecule has 1 aromatic heterocycles. The van der Waals surface area contributed by atoms with E-state index < -0.39 is 10.9 Å². The van der Waals surface area contributed by atoms with E-state index in [9.17, 15) is 14.9 Å². The third-order valence-electron chi connectivity index (χ3n) is 2.45. The molecule has 1 atom stereocenters. The first-order valence-electron chi connectivity index (χ1n) is 5.59. The van der Waals surface area contributed by atoms with E-state index in [1.807, 2.05) is 13.2 Å². The van der Waals surface area contributed by atoms with Crippen LogP contribution < -0.4 is 5.32 Å². The summed E-state index contributed by atoms with van der Waals surface area (Å²) in [4.78, 5) is 24.9. The molecular weight excluding hydrogens is 270 g/mol. The summed E-state index contributed by atoms with van der Waals surface area (Å²) >= 11 is 1.69. The molecule has 1 aromatic rings. The van der Waals surface area contributed by atoms with Crippen LogP contribution in [0.4, 0.5) is 11.5 Å². The second-order valence-corrected chi connectivity index (χ2v) is 4.97. The van der Waals surface area contributed by atoms with Crippen molar-refractivity contribution in [3.8, 4) is 0 Å². The zero-order valence-electron chi connectivity index (χ0n) is 10.6. The van der Waals surface area contributed by atoms with Crippen molar-refractivity contribution >= 4 is 29.2 Å². The molecule has 1 rings (SSSR count). The lowest BCUT2D eigenvalue weighted by atomic mass is 10.2. The number of nitrogens with zero attached hydrogens (tertiary/aromatic N) is 2. The van der Waals surface area contributed by atoms with Gasteiger partial charge in [0, 0.05) is 18.3 Å². The van der Waals surface area contributed by atoms with Crippen molar-refractivity contribution in [1.29, 1.82) is 0 Å². The fourth-order valence-electron chi connectivity index (χ4n) is 1.42. The molecule has 0 amide bonds. The molecule has 0 aliphatic heterocycles. The van der Waals surface area contributed by atoms with Gasteiger partial charge in [-0.3, -0.25) is 10.1 Å². The summed E-state index contributed by atoms with van der Waals surface area (Å²) in [5.74, 6) is -0.212. The van der Waals surface area contributed by atoms with Crippen LogP contribution in [0.5, 0.6) is 0 Å². The number of hydrogen-bond donors (Lipinski definition) is 2. The van der Waals surface area contributed by atoms with Crippen LogP contribution in [0, 0.1) is 10.1 Å². The Labute approximate surface area is 114 Å². The summed E-state index contributed by atoms with van der Waals surface area (Å²) in [5.41, 5.74) is -0.523. The summed E-state index contributed by atoms with van der Waals surface area (Å²) < 4.78 is 0. The maximum absolute atomic E-state index is 10.9. The fraction of sp³-hybridized carbons (Fsp3) is 0.455. The summed E-state index contributed by atoms with van der Waals surface area (Å²) in [6, 6.07) is 1.04. The zero-order chi connectivity index (χ0) is 14.4. The highest BCUT2D eigenvalue weighted by molar-refractivity contribution is 7.98. The maximum Gasteiger partial charge on any atom is 0.337 e. The number of pyridine rings is 1. The number of carboxylic acid groups (broad SMARTS) is 1. The summed E-state index contributed by atoms with van der Waals surface area (Å²) in [6.07, 6.45) is 3.93. The lowest BCUT2D eigenvalue weighted by Gasteiger charge is -2.13. The van der Waals surface area contributed by atoms with Gasteiger partial charge in [0.25, 0.3) is 0 Å². The van der Waals surface area contributed by atoms with Gasteiger partial charge in [-0.15, -0.1) is 0 Å². The standard InChI is InChI=1S/C11H15N3O4S/c1-7(3-4-19-2)13-10-9(14(17)18)5-8(6-12-10)11(15)16/h5-7H,3-4H2,1-2H3,(H,12,13)(H,15,16). The minimum Gasteiger partial charge on any atom is -0.478 e. The van der Waals surface area contributed by atoms with Crippen LogP contribution >= 0.6 is 11.8 Å². The van der Waals surface area contributed by atoms with Gasteiger partial charge < -0.3 is 10.4 Å². The number of nitrogens with one attached hydrogen (secondary N) is 1. The van der Waals surface area contributed by atoms with Crippen LogP contribution in [0.3, 0.4) is 0 Å². The predicted molar refractivity (Wildman–Crippen MR) is 73.9 cm³/mol. The SMILES string of the molecule is CSCCC(C)Nc1ncc(C(=O)O)cc1[N+](=O)[O-]. The number of nitro groups is 1. The molecule has 1 heterocycles. The molecular formula is C11H15N3O4S. The number of carbonyl (C=O) groups is 1. The van der Waals surface area contributed by atoms with Gasteiger partial charge in [0.15, 0.2) is 0 Å². The number of thioether (sulfide) groups is 1. The molecule has 0 bridgehead atoms. The van der Waals surface area contributed by atoms with Gasteiger partial charge in [-0.05, 0) is 25.4 Å². The van der Waals surface area contributed by atoms with Gasteiger partial charge in [-0.25, -0.2) is 9.78 Å². The number of hydrogen-bond acceptors (Lipinski definition) is 6. The van der Waals surface area contributed by atoms with E-state index in [0.717, 1.165) is 24.4 Å². The van der Waals surface area contributed by atoms with Crippen molar-refractivity contribution in [2.75, 3.05) is 17.3 Å². The first-order valence-corrected chi connectivity index (χ1v) is 6.98. The average molecular weight is 285 g/mol. The van der Waals surface area contributed by atoms with Crippen molar-refractivity contribution in [2.24, 2.45) is 0 Å². The Balaban J connectivity index is 2.94. The molecule has 2 N–H and O–H groups in total. The number of aromatic carboxylic acids is 1. The molecule has 0 radical (unpaired) electrons. The molecule has 0 saturated heterocycles. The first-order chi connectivity index (χ1) is 8.95. The summed E-state index contributed by atoms with van der Waals surface area (Å²) in [6.45, 7) is 1.90. The van der Waals surface area contributed by atoms with E-state index in [0.29, 0.717) is 0 Å². The quantitative estimate of drug-likeness (QED) is 0.584.